The van der Waals surface area contributed by atoms with Crippen molar-refractivity contribution in [2.24, 2.45) is 5.41 Å². The van der Waals surface area contributed by atoms with E-state index in [-0.39, 0.29) is 5.41 Å². The van der Waals surface area contributed by atoms with Crippen molar-refractivity contribution in [3.8, 4) is 5.75 Å². The number of aromatic nitrogens is 1. The highest BCUT2D eigenvalue weighted by atomic mass is 79.9. The Morgan fingerprint density at radius 2 is 1.96 bits per heavy atom. The van der Waals surface area contributed by atoms with E-state index in [1.165, 1.54) is 5.56 Å². The number of likely N-dealkylation sites (tertiary alicyclic amines) is 1. The van der Waals surface area contributed by atoms with Gasteiger partial charge in [-0.1, -0.05) is 37.3 Å². The van der Waals surface area contributed by atoms with Crippen LogP contribution in [0.2, 0.25) is 0 Å². The molecule has 1 saturated heterocycles. The summed E-state index contributed by atoms with van der Waals surface area (Å²) >= 11 is 3.47. The lowest BCUT2D eigenvalue weighted by Gasteiger charge is -2.39. The van der Waals surface area contributed by atoms with Crippen molar-refractivity contribution in [2.75, 3.05) is 25.4 Å². The summed E-state index contributed by atoms with van der Waals surface area (Å²) in [6.45, 7) is 6.26. The second kappa shape index (κ2) is 7.53. The van der Waals surface area contributed by atoms with Gasteiger partial charge in [-0.05, 0) is 47.4 Å². The summed E-state index contributed by atoms with van der Waals surface area (Å²) in [5.74, 6) is 1.26. The second-order valence-corrected chi connectivity index (χ2v) is 7.76. The molecule has 4 nitrogen and oxygen atoms in total. The highest BCUT2D eigenvalue weighted by Crippen LogP contribution is 2.34. The van der Waals surface area contributed by atoms with E-state index >= 15 is 0 Å². The van der Waals surface area contributed by atoms with Crippen LogP contribution in [0.15, 0.2) is 47.1 Å². The number of rotatable bonds is 5. The molecule has 0 amide bonds. The Kier molecular flexibility index (Phi) is 5.41. The molecule has 1 aromatic carbocycles. The van der Waals surface area contributed by atoms with Gasteiger partial charge in [0.2, 0.25) is 0 Å². The van der Waals surface area contributed by atoms with Crippen molar-refractivity contribution in [3.05, 3.63) is 52.6 Å². The molecule has 0 aliphatic carbocycles. The number of piperidine rings is 1. The first-order valence-electron chi connectivity index (χ1n) is 8.34. The van der Waals surface area contributed by atoms with E-state index in [4.69, 9.17) is 10.5 Å². The number of benzene rings is 1. The molecule has 2 heterocycles. The van der Waals surface area contributed by atoms with Crippen LogP contribution in [0, 0.1) is 5.41 Å². The number of nitrogens with two attached hydrogens (primary N) is 1. The minimum Gasteiger partial charge on any atom is -0.492 e. The van der Waals surface area contributed by atoms with Crippen LogP contribution in [0.4, 0.5) is 5.82 Å². The van der Waals surface area contributed by atoms with Gasteiger partial charge in [0.15, 0.2) is 0 Å². The Balaban J connectivity index is 1.52. The Bertz CT molecular complexity index is 670. The van der Waals surface area contributed by atoms with Crippen LogP contribution in [0.1, 0.15) is 25.3 Å². The Labute approximate surface area is 152 Å². The lowest BCUT2D eigenvalue weighted by atomic mass is 9.81. The zero-order valence-electron chi connectivity index (χ0n) is 14.0. The van der Waals surface area contributed by atoms with E-state index in [9.17, 15) is 0 Å². The second-order valence-electron chi connectivity index (χ2n) is 6.90. The van der Waals surface area contributed by atoms with E-state index in [0.717, 1.165) is 42.7 Å². The molecular formula is C19H24BrN3O. The van der Waals surface area contributed by atoms with Gasteiger partial charge >= 0.3 is 0 Å². The summed E-state index contributed by atoms with van der Waals surface area (Å²) in [6.07, 6.45) is 3.96. The number of hydrogen-bond donors (Lipinski definition) is 1. The highest BCUT2D eigenvalue weighted by Gasteiger charge is 2.31. The van der Waals surface area contributed by atoms with Gasteiger partial charge in [0.25, 0.3) is 0 Å². The van der Waals surface area contributed by atoms with Crippen molar-refractivity contribution in [3.63, 3.8) is 0 Å². The lowest BCUT2D eigenvalue weighted by Crippen LogP contribution is -2.41. The molecular weight excluding hydrogens is 366 g/mol. The maximum Gasteiger partial charge on any atom is 0.138 e. The maximum absolute atomic E-state index is 6.03. The van der Waals surface area contributed by atoms with Gasteiger partial charge in [-0.25, -0.2) is 4.98 Å². The SMILES string of the molecule is CC1(COc2cc(N)ncc2Br)CCN(Cc2ccccc2)CC1. The average molecular weight is 390 g/mol. The topological polar surface area (TPSA) is 51.4 Å². The largest absolute Gasteiger partial charge is 0.492 e. The molecule has 5 heteroatoms. The average Bonchev–Trinajstić information content (AvgIpc) is 2.59. The van der Waals surface area contributed by atoms with Crippen LogP contribution >= 0.6 is 15.9 Å². The molecule has 1 aromatic heterocycles. The minimum atomic E-state index is 0.199. The molecule has 1 aliphatic rings. The molecule has 0 saturated carbocycles. The molecule has 0 bridgehead atoms. The molecule has 1 fully saturated rings. The quantitative estimate of drug-likeness (QED) is 0.835. The molecule has 1 aliphatic heterocycles. The molecule has 0 radical (unpaired) electrons. The van der Waals surface area contributed by atoms with Crippen molar-refractivity contribution >= 4 is 21.7 Å². The van der Waals surface area contributed by atoms with E-state index in [1.807, 2.05) is 0 Å². The molecule has 0 unspecified atom stereocenters. The van der Waals surface area contributed by atoms with E-state index in [1.54, 1.807) is 12.3 Å². The predicted octanol–water partition coefficient (Wildman–Crippen LogP) is 4.11. The van der Waals surface area contributed by atoms with Gasteiger partial charge in [0, 0.05) is 24.2 Å². The number of halogens is 1. The van der Waals surface area contributed by atoms with Gasteiger partial charge in [0.05, 0.1) is 11.1 Å². The number of hydrogen-bond acceptors (Lipinski definition) is 4. The van der Waals surface area contributed by atoms with E-state index < -0.39 is 0 Å². The number of pyridine rings is 1. The molecule has 128 valence electrons. The fraction of sp³-hybridized carbons (Fsp3) is 0.421. The van der Waals surface area contributed by atoms with Crippen LogP contribution in [-0.4, -0.2) is 29.6 Å². The molecule has 2 N–H and O–H groups in total. The normalized spacial score (nSPS) is 17.6. The maximum atomic E-state index is 6.03. The van der Waals surface area contributed by atoms with Crippen molar-refractivity contribution in [1.29, 1.82) is 0 Å². The van der Waals surface area contributed by atoms with Gasteiger partial charge in [-0.15, -0.1) is 0 Å². The zero-order chi connectivity index (χ0) is 17.0. The third-order valence-electron chi connectivity index (χ3n) is 4.73. The van der Waals surface area contributed by atoms with Gasteiger partial charge < -0.3 is 10.5 Å². The molecule has 2 aromatic rings. The Morgan fingerprint density at radius 1 is 1.25 bits per heavy atom. The number of ether oxygens (including phenoxy) is 1. The fourth-order valence-electron chi connectivity index (χ4n) is 3.03. The van der Waals surface area contributed by atoms with Crippen LogP contribution < -0.4 is 10.5 Å². The molecule has 24 heavy (non-hydrogen) atoms. The first kappa shape index (κ1) is 17.2. The summed E-state index contributed by atoms with van der Waals surface area (Å²) in [5, 5.41) is 0. The van der Waals surface area contributed by atoms with Gasteiger partial charge in [0.1, 0.15) is 11.6 Å². The highest BCUT2D eigenvalue weighted by molar-refractivity contribution is 9.10. The van der Waals surface area contributed by atoms with Crippen molar-refractivity contribution in [2.45, 2.75) is 26.3 Å². The summed E-state index contributed by atoms with van der Waals surface area (Å²) in [5.41, 5.74) is 7.32. The fourth-order valence-corrected chi connectivity index (χ4v) is 3.37. The number of nitrogens with zero attached hydrogens (tertiary/aromatic N) is 2. The Morgan fingerprint density at radius 3 is 2.67 bits per heavy atom. The standard InChI is InChI=1S/C19H24BrN3O/c1-19(14-24-17-11-18(21)22-12-16(17)20)7-9-23(10-8-19)13-15-5-3-2-4-6-15/h2-6,11-12H,7-10,13-14H2,1H3,(H2,21,22). The molecule has 3 rings (SSSR count). The minimum absolute atomic E-state index is 0.199. The monoisotopic (exact) mass is 389 g/mol. The lowest BCUT2D eigenvalue weighted by molar-refractivity contribution is 0.0653. The summed E-state index contributed by atoms with van der Waals surface area (Å²) in [7, 11) is 0. The van der Waals surface area contributed by atoms with Crippen molar-refractivity contribution < 1.29 is 4.74 Å². The van der Waals surface area contributed by atoms with Crippen LogP contribution in [-0.2, 0) is 6.54 Å². The van der Waals surface area contributed by atoms with Crippen LogP contribution in [0.3, 0.4) is 0 Å². The summed E-state index contributed by atoms with van der Waals surface area (Å²) < 4.78 is 6.88. The summed E-state index contributed by atoms with van der Waals surface area (Å²) in [6, 6.07) is 12.5. The van der Waals surface area contributed by atoms with Crippen LogP contribution in [0.5, 0.6) is 5.75 Å². The zero-order valence-corrected chi connectivity index (χ0v) is 15.6. The van der Waals surface area contributed by atoms with Crippen LogP contribution in [0.25, 0.3) is 0 Å². The first-order chi connectivity index (χ1) is 11.5. The first-order valence-corrected chi connectivity index (χ1v) is 9.13. The summed E-state index contributed by atoms with van der Waals surface area (Å²) in [4.78, 5) is 6.57. The van der Waals surface area contributed by atoms with E-state index in [0.29, 0.717) is 12.4 Å². The smallest absolute Gasteiger partial charge is 0.138 e. The van der Waals surface area contributed by atoms with Gasteiger partial charge in [-0.3, -0.25) is 4.90 Å². The third-order valence-corrected chi connectivity index (χ3v) is 5.33. The van der Waals surface area contributed by atoms with E-state index in [2.05, 4.69) is 63.1 Å². The third kappa shape index (κ3) is 4.48. The van der Waals surface area contributed by atoms with Crippen molar-refractivity contribution in [1.82, 2.24) is 9.88 Å². The number of nitrogen functional groups attached to an aromatic ring is 1. The molecule has 0 spiro atoms. The Hall–Kier alpha value is -1.59. The molecule has 0 atom stereocenters. The predicted molar refractivity (Wildman–Crippen MR) is 101 cm³/mol. The number of anilines is 1. The van der Waals surface area contributed by atoms with Gasteiger partial charge in [-0.2, -0.15) is 0 Å².